The summed E-state index contributed by atoms with van der Waals surface area (Å²) in [6.45, 7) is 2.21. The van der Waals surface area contributed by atoms with Crippen LogP contribution >= 0.6 is 0 Å². The monoisotopic (exact) mass is 358 g/mol. The predicted molar refractivity (Wildman–Crippen MR) is 120 cm³/mol. The zero-order chi connectivity index (χ0) is 18.9. The van der Waals surface area contributed by atoms with E-state index < -0.39 is 0 Å². The fraction of sp³-hybridized carbons (Fsp3) is 0.0714. The number of hydrogen-bond donors (Lipinski definition) is 0. The fourth-order valence-corrected chi connectivity index (χ4v) is 4.25. The molecule has 5 rings (SSSR count). The third kappa shape index (κ3) is 2.88. The molecular weight excluding hydrogens is 336 g/mol. The van der Waals surface area contributed by atoms with E-state index in [-0.39, 0.29) is 0 Å². The summed E-state index contributed by atoms with van der Waals surface area (Å²) >= 11 is 0. The van der Waals surface area contributed by atoms with E-state index in [1.54, 1.807) is 0 Å². The molecule has 1 aliphatic rings. The van der Waals surface area contributed by atoms with Crippen molar-refractivity contribution in [3.63, 3.8) is 0 Å². The summed E-state index contributed by atoms with van der Waals surface area (Å²) in [5.41, 5.74) is 12.1. The normalized spacial score (nSPS) is 12.5. The molecule has 0 spiro atoms. The molecule has 28 heavy (non-hydrogen) atoms. The minimum absolute atomic E-state index is 0.993. The number of fused-ring (bicyclic) bond motifs is 1. The smallest absolute Gasteiger partial charge is 0.00134 e. The van der Waals surface area contributed by atoms with E-state index in [9.17, 15) is 0 Å². The van der Waals surface area contributed by atoms with Gasteiger partial charge in [0.1, 0.15) is 0 Å². The van der Waals surface area contributed by atoms with Crippen LogP contribution in [0.15, 0.2) is 97.1 Å². The lowest BCUT2D eigenvalue weighted by Gasteiger charge is -2.17. The summed E-state index contributed by atoms with van der Waals surface area (Å²) in [6, 6.07) is 34.8. The molecule has 134 valence electrons. The second-order valence-electron chi connectivity index (χ2n) is 7.45. The summed E-state index contributed by atoms with van der Waals surface area (Å²) in [5, 5.41) is 0. The molecule has 0 heterocycles. The van der Waals surface area contributed by atoms with Crippen molar-refractivity contribution in [1.82, 2.24) is 0 Å². The van der Waals surface area contributed by atoms with Gasteiger partial charge in [0.25, 0.3) is 0 Å². The Bertz CT molecular complexity index is 1170. The molecule has 0 aliphatic heterocycles. The minimum atomic E-state index is 0.993. The van der Waals surface area contributed by atoms with Gasteiger partial charge in [-0.1, -0.05) is 97.1 Å². The van der Waals surface area contributed by atoms with Gasteiger partial charge in [-0.2, -0.15) is 0 Å². The van der Waals surface area contributed by atoms with Crippen LogP contribution < -0.4 is 0 Å². The van der Waals surface area contributed by atoms with Crippen LogP contribution in [0.25, 0.3) is 33.9 Å². The largest absolute Gasteiger partial charge is 0.0622 e. The highest BCUT2D eigenvalue weighted by Crippen LogP contribution is 2.43. The van der Waals surface area contributed by atoms with Crippen LogP contribution in [0.5, 0.6) is 0 Å². The lowest BCUT2D eigenvalue weighted by atomic mass is 9.87. The van der Waals surface area contributed by atoms with E-state index in [0.29, 0.717) is 0 Å². The van der Waals surface area contributed by atoms with E-state index in [4.69, 9.17) is 0 Å². The van der Waals surface area contributed by atoms with E-state index in [1.807, 2.05) is 0 Å². The Balaban J connectivity index is 1.77. The van der Waals surface area contributed by atoms with Crippen molar-refractivity contribution in [2.24, 2.45) is 0 Å². The quantitative estimate of drug-likeness (QED) is 0.357. The highest BCUT2D eigenvalue weighted by molar-refractivity contribution is 5.99. The molecule has 0 bridgehead atoms. The van der Waals surface area contributed by atoms with E-state index in [2.05, 4.69) is 110 Å². The molecule has 0 fully saturated rings. The number of hydrogen-bond acceptors (Lipinski definition) is 0. The topological polar surface area (TPSA) is 0 Å². The van der Waals surface area contributed by atoms with Crippen molar-refractivity contribution < 1.29 is 0 Å². The van der Waals surface area contributed by atoms with Crippen LogP contribution in [0, 0.1) is 6.92 Å². The molecule has 0 heteroatoms. The zero-order valence-electron chi connectivity index (χ0n) is 16.0. The lowest BCUT2D eigenvalue weighted by molar-refractivity contribution is 1.31. The Kier molecular flexibility index (Phi) is 4.18. The Hall–Kier alpha value is -3.38. The van der Waals surface area contributed by atoms with Gasteiger partial charge in [0.2, 0.25) is 0 Å². The molecular formula is C28H22. The summed E-state index contributed by atoms with van der Waals surface area (Å²) in [5.74, 6) is 0. The highest BCUT2D eigenvalue weighted by Gasteiger charge is 2.21. The first kappa shape index (κ1) is 16.8. The van der Waals surface area contributed by atoms with E-state index >= 15 is 0 Å². The number of rotatable bonds is 3. The molecule has 0 atom stereocenters. The van der Waals surface area contributed by atoms with Gasteiger partial charge in [-0.05, 0) is 69.5 Å². The molecule has 1 aliphatic carbocycles. The Morgan fingerprint density at radius 3 is 1.93 bits per heavy atom. The van der Waals surface area contributed by atoms with Crippen LogP contribution in [-0.4, -0.2) is 0 Å². The van der Waals surface area contributed by atoms with Crippen molar-refractivity contribution in [1.29, 1.82) is 0 Å². The first-order valence-corrected chi connectivity index (χ1v) is 9.84. The van der Waals surface area contributed by atoms with Crippen molar-refractivity contribution in [2.45, 2.75) is 13.3 Å². The van der Waals surface area contributed by atoms with Crippen LogP contribution in [0.2, 0.25) is 0 Å². The van der Waals surface area contributed by atoms with Crippen LogP contribution in [-0.2, 0) is 6.42 Å². The summed E-state index contributed by atoms with van der Waals surface area (Å²) in [4.78, 5) is 0. The standard InChI is InChI=1S/C28H22/c1-20-10-8-9-15-25(20)28-26(22-13-6-3-7-14-22)17-16-23-18-24(19-27(23)28)21-11-4-2-5-12-21/h2-17,19H,18H2,1H3. The molecule has 4 aromatic rings. The molecule has 0 nitrogen and oxygen atoms in total. The van der Waals surface area contributed by atoms with Gasteiger partial charge >= 0.3 is 0 Å². The van der Waals surface area contributed by atoms with Gasteiger partial charge < -0.3 is 0 Å². The van der Waals surface area contributed by atoms with Crippen LogP contribution in [0.1, 0.15) is 22.3 Å². The van der Waals surface area contributed by atoms with E-state index in [0.717, 1.165) is 6.42 Å². The average molecular weight is 358 g/mol. The van der Waals surface area contributed by atoms with Crippen molar-refractivity contribution in [3.05, 3.63) is 119 Å². The van der Waals surface area contributed by atoms with Crippen molar-refractivity contribution >= 4 is 11.6 Å². The molecule has 0 aromatic heterocycles. The molecule has 0 radical (unpaired) electrons. The lowest BCUT2D eigenvalue weighted by Crippen LogP contribution is -1.94. The van der Waals surface area contributed by atoms with Gasteiger partial charge in [-0.15, -0.1) is 0 Å². The minimum Gasteiger partial charge on any atom is -0.0622 e. The second kappa shape index (κ2) is 6.98. The second-order valence-corrected chi connectivity index (χ2v) is 7.45. The number of benzene rings is 4. The average Bonchev–Trinajstić information content (AvgIpc) is 3.19. The molecule has 0 amide bonds. The van der Waals surface area contributed by atoms with Gasteiger partial charge in [0, 0.05) is 0 Å². The van der Waals surface area contributed by atoms with Gasteiger partial charge in [-0.25, -0.2) is 0 Å². The summed E-state index contributed by atoms with van der Waals surface area (Å²) in [7, 11) is 0. The Morgan fingerprint density at radius 2 is 1.21 bits per heavy atom. The molecule has 0 saturated carbocycles. The Labute approximate surface area is 166 Å². The summed E-state index contributed by atoms with van der Waals surface area (Å²) in [6.07, 6.45) is 3.40. The molecule has 0 N–H and O–H groups in total. The van der Waals surface area contributed by atoms with E-state index in [1.165, 1.54) is 50.1 Å². The third-order valence-corrected chi connectivity index (χ3v) is 5.68. The maximum Gasteiger partial charge on any atom is -0.00134 e. The molecule has 0 unspecified atom stereocenters. The first-order chi connectivity index (χ1) is 13.8. The number of allylic oxidation sites excluding steroid dienone is 1. The van der Waals surface area contributed by atoms with Gasteiger partial charge in [0.05, 0.1) is 0 Å². The third-order valence-electron chi connectivity index (χ3n) is 5.68. The van der Waals surface area contributed by atoms with Gasteiger partial charge in [-0.3, -0.25) is 0 Å². The fourth-order valence-electron chi connectivity index (χ4n) is 4.25. The maximum absolute atomic E-state index is 2.40. The van der Waals surface area contributed by atoms with Crippen LogP contribution in [0.3, 0.4) is 0 Å². The Morgan fingerprint density at radius 1 is 0.571 bits per heavy atom. The molecule has 4 aromatic carbocycles. The summed E-state index contributed by atoms with van der Waals surface area (Å²) < 4.78 is 0. The highest BCUT2D eigenvalue weighted by atomic mass is 14.2. The SMILES string of the molecule is Cc1ccccc1-c1c(-c2ccccc2)ccc2c1C=C(c1ccccc1)C2. The number of aryl methyl sites for hydroxylation is 1. The van der Waals surface area contributed by atoms with Gasteiger partial charge in [0.15, 0.2) is 0 Å². The maximum atomic E-state index is 2.40. The zero-order valence-corrected chi connectivity index (χ0v) is 16.0. The molecule has 0 saturated heterocycles. The van der Waals surface area contributed by atoms with Crippen molar-refractivity contribution in [3.8, 4) is 22.3 Å². The first-order valence-electron chi connectivity index (χ1n) is 9.84. The predicted octanol–water partition coefficient (Wildman–Crippen LogP) is 7.43. The van der Waals surface area contributed by atoms with Crippen LogP contribution in [0.4, 0.5) is 0 Å². The van der Waals surface area contributed by atoms with Crippen molar-refractivity contribution in [2.75, 3.05) is 0 Å².